The highest BCUT2D eigenvalue weighted by Gasteiger charge is 2.25. The number of aliphatic hydroxyl groups is 1. The topological polar surface area (TPSA) is 74.6 Å². The lowest BCUT2D eigenvalue weighted by Gasteiger charge is -2.17. The van der Waals surface area contributed by atoms with Gasteiger partial charge in [-0.15, -0.1) is 0 Å². The Bertz CT molecular complexity index is 274. The number of hydrogen-bond donors (Lipinski definition) is 2. The lowest BCUT2D eigenvalue weighted by atomic mass is 10.0. The van der Waals surface area contributed by atoms with E-state index in [-0.39, 0.29) is 6.42 Å². The lowest BCUT2D eigenvalue weighted by molar-refractivity contribution is 0.147. The summed E-state index contributed by atoms with van der Waals surface area (Å²) in [4.78, 5) is 0. The predicted octanol–water partition coefficient (Wildman–Crippen LogP) is 2.76. The molecular weight excluding hydrogens is 240 g/mol. The van der Waals surface area contributed by atoms with Crippen LogP contribution in [0.4, 0.5) is 0 Å². The van der Waals surface area contributed by atoms with Gasteiger partial charge in [0.2, 0.25) is 0 Å². The first-order valence-corrected chi connectivity index (χ1v) is 8.06. The molecule has 0 aromatic rings. The molecule has 5 heteroatoms. The molecular formula is C12H26O4S. The van der Waals surface area contributed by atoms with Gasteiger partial charge in [0, 0.05) is 0 Å². The Kier molecular flexibility index (Phi) is 8.82. The molecule has 0 saturated heterocycles. The van der Waals surface area contributed by atoms with Crippen LogP contribution in [-0.2, 0) is 10.1 Å². The van der Waals surface area contributed by atoms with Gasteiger partial charge >= 0.3 is 0 Å². The standard InChI is InChI=1S/C12H26O4S/c1-3-5-7-9-12(17(14,15)16)10-11(13)8-6-4-2/h11-13H,3-10H2,1-2H3,(H,14,15,16). The first-order valence-electron chi connectivity index (χ1n) is 6.56. The molecule has 0 saturated carbocycles. The van der Waals surface area contributed by atoms with Crippen molar-refractivity contribution in [3.05, 3.63) is 0 Å². The highest BCUT2D eigenvalue weighted by atomic mass is 32.2. The van der Waals surface area contributed by atoms with E-state index in [2.05, 4.69) is 0 Å². The summed E-state index contributed by atoms with van der Waals surface area (Å²) in [6.07, 6.45) is 5.19. The summed E-state index contributed by atoms with van der Waals surface area (Å²) in [6.45, 7) is 4.06. The van der Waals surface area contributed by atoms with Crippen molar-refractivity contribution < 1.29 is 18.1 Å². The third kappa shape index (κ3) is 8.57. The SMILES string of the molecule is CCCCCC(CC(O)CCCC)S(=O)(=O)O. The Hall–Kier alpha value is -0.130. The summed E-state index contributed by atoms with van der Waals surface area (Å²) in [5.41, 5.74) is 0. The van der Waals surface area contributed by atoms with E-state index in [9.17, 15) is 13.5 Å². The van der Waals surface area contributed by atoms with Gasteiger partial charge in [0.1, 0.15) is 0 Å². The van der Waals surface area contributed by atoms with Gasteiger partial charge in [0.15, 0.2) is 0 Å². The Morgan fingerprint density at radius 2 is 1.59 bits per heavy atom. The zero-order chi connectivity index (χ0) is 13.3. The molecule has 0 aliphatic rings. The molecule has 0 rings (SSSR count). The van der Waals surface area contributed by atoms with Gasteiger partial charge in [0.25, 0.3) is 10.1 Å². The molecule has 0 aromatic heterocycles. The summed E-state index contributed by atoms with van der Waals surface area (Å²) in [5.74, 6) is 0. The Morgan fingerprint density at radius 1 is 1.00 bits per heavy atom. The lowest BCUT2D eigenvalue weighted by Crippen LogP contribution is -2.26. The zero-order valence-corrected chi connectivity index (χ0v) is 11.7. The van der Waals surface area contributed by atoms with Gasteiger partial charge < -0.3 is 5.11 Å². The van der Waals surface area contributed by atoms with Crippen LogP contribution in [0, 0.1) is 0 Å². The summed E-state index contributed by atoms with van der Waals surface area (Å²) in [6, 6.07) is 0. The van der Waals surface area contributed by atoms with Crippen molar-refractivity contribution in [3.63, 3.8) is 0 Å². The molecule has 2 N–H and O–H groups in total. The summed E-state index contributed by atoms with van der Waals surface area (Å²) in [5, 5.41) is 8.89. The summed E-state index contributed by atoms with van der Waals surface area (Å²) < 4.78 is 31.5. The van der Waals surface area contributed by atoms with Crippen molar-refractivity contribution in [3.8, 4) is 0 Å². The van der Waals surface area contributed by atoms with Gasteiger partial charge in [-0.3, -0.25) is 4.55 Å². The zero-order valence-electron chi connectivity index (χ0n) is 10.9. The van der Waals surface area contributed by atoms with Crippen molar-refractivity contribution in [1.29, 1.82) is 0 Å². The van der Waals surface area contributed by atoms with Crippen LogP contribution in [-0.4, -0.2) is 29.4 Å². The van der Waals surface area contributed by atoms with Gasteiger partial charge in [0.05, 0.1) is 11.4 Å². The number of unbranched alkanes of at least 4 members (excludes halogenated alkanes) is 3. The molecule has 0 bridgehead atoms. The predicted molar refractivity (Wildman–Crippen MR) is 69.6 cm³/mol. The van der Waals surface area contributed by atoms with E-state index < -0.39 is 21.5 Å². The minimum absolute atomic E-state index is 0.155. The number of aliphatic hydroxyl groups excluding tert-OH is 1. The van der Waals surface area contributed by atoms with Crippen LogP contribution in [0.5, 0.6) is 0 Å². The molecule has 0 heterocycles. The Morgan fingerprint density at radius 3 is 2.06 bits per heavy atom. The van der Waals surface area contributed by atoms with Crippen LogP contribution in [0.1, 0.15) is 65.2 Å². The van der Waals surface area contributed by atoms with E-state index in [4.69, 9.17) is 4.55 Å². The minimum atomic E-state index is -4.03. The first-order chi connectivity index (χ1) is 7.91. The van der Waals surface area contributed by atoms with Gasteiger partial charge in [-0.1, -0.05) is 46.0 Å². The molecule has 0 aliphatic heterocycles. The largest absolute Gasteiger partial charge is 0.393 e. The number of hydrogen-bond acceptors (Lipinski definition) is 3. The fourth-order valence-corrected chi connectivity index (χ4v) is 2.80. The van der Waals surface area contributed by atoms with E-state index in [1.807, 2.05) is 13.8 Å². The summed E-state index contributed by atoms with van der Waals surface area (Å²) >= 11 is 0. The number of rotatable bonds is 10. The molecule has 0 amide bonds. The van der Waals surface area contributed by atoms with Gasteiger partial charge in [-0.25, -0.2) is 0 Å². The van der Waals surface area contributed by atoms with Crippen LogP contribution < -0.4 is 0 Å². The van der Waals surface area contributed by atoms with Crippen LogP contribution in [0.3, 0.4) is 0 Å². The second-order valence-corrected chi connectivity index (χ2v) is 6.36. The van der Waals surface area contributed by atoms with E-state index in [0.717, 1.165) is 32.1 Å². The van der Waals surface area contributed by atoms with Crippen LogP contribution in [0.15, 0.2) is 0 Å². The first kappa shape index (κ1) is 16.9. The second kappa shape index (κ2) is 8.89. The monoisotopic (exact) mass is 266 g/mol. The van der Waals surface area contributed by atoms with E-state index >= 15 is 0 Å². The fraction of sp³-hybridized carbons (Fsp3) is 1.00. The molecule has 0 aliphatic carbocycles. The quantitative estimate of drug-likeness (QED) is 0.471. The molecule has 0 spiro atoms. The molecule has 0 aromatic carbocycles. The molecule has 4 nitrogen and oxygen atoms in total. The van der Waals surface area contributed by atoms with Crippen molar-refractivity contribution in [2.45, 2.75) is 76.6 Å². The van der Waals surface area contributed by atoms with Crippen molar-refractivity contribution in [2.24, 2.45) is 0 Å². The molecule has 0 radical (unpaired) electrons. The highest BCUT2D eigenvalue weighted by Crippen LogP contribution is 2.18. The third-order valence-corrected chi connectivity index (χ3v) is 4.25. The summed E-state index contributed by atoms with van der Waals surface area (Å²) in [7, 11) is -4.03. The van der Waals surface area contributed by atoms with Crippen LogP contribution in [0.25, 0.3) is 0 Å². The van der Waals surface area contributed by atoms with Gasteiger partial charge in [-0.05, 0) is 19.3 Å². The normalized spacial score (nSPS) is 15.8. The molecule has 104 valence electrons. The maximum Gasteiger partial charge on any atom is 0.267 e. The fourth-order valence-electron chi connectivity index (χ4n) is 1.87. The van der Waals surface area contributed by atoms with Crippen LogP contribution in [0.2, 0.25) is 0 Å². The minimum Gasteiger partial charge on any atom is -0.393 e. The Labute approximate surface area is 105 Å². The second-order valence-electron chi connectivity index (χ2n) is 4.66. The average molecular weight is 266 g/mol. The highest BCUT2D eigenvalue weighted by molar-refractivity contribution is 7.86. The molecule has 0 fully saturated rings. The molecule has 2 atom stereocenters. The molecule has 17 heavy (non-hydrogen) atoms. The van der Waals surface area contributed by atoms with Gasteiger partial charge in [-0.2, -0.15) is 8.42 Å². The van der Waals surface area contributed by atoms with E-state index in [0.29, 0.717) is 12.8 Å². The maximum absolute atomic E-state index is 11.2. The average Bonchev–Trinajstić information content (AvgIpc) is 2.24. The van der Waals surface area contributed by atoms with Crippen molar-refractivity contribution >= 4 is 10.1 Å². The van der Waals surface area contributed by atoms with E-state index in [1.165, 1.54) is 0 Å². The van der Waals surface area contributed by atoms with Crippen molar-refractivity contribution in [2.75, 3.05) is 0 Å². The Balaban J connectivity index is 4.19. The third-order valence-electron chi connectivity index (χ3n) is 2.98. The van der Waals surface area contributed by atoms with Crippen LogP contribution >= 0.6 is 0 Å². The van der Waals surface area contributed by atoms with E-state index in [1.54, 1.807) is 0 Å². The molecule has 2 unspecified atom stereocenters. The van der Waals surface area contributed by atoms with Crippen molar-refractivity contribution in [1.82, 2.24) is 0 Å². The smallest absolute Gasteiger partial charge is 0.267 e. The maximum atomic E-state index is 11.2.